The summed E-state index contributed by atoms with van der Waals surface area (Å²) in [4.78, 5) is 12.9. The van der Waals surface area contributed by atoms with Gasteiger partial charge in [-0.05, 0) is 25.9 Å². The minimum atomic E-state index is 0.413. The van der Waals surface area contributed by atoms with Crippen molar-refractivity contribution < 1.29 is 4.79 Å². The second-order valence-corrected chi connectivity index (χ2v) is 3.91. The van der Waals surface area contributed by atoms with E-state index in [2.05, 4.69) is 22.1 Å². The standard InChI is InChI=1S/C10H16N4O/c1-2-13-5-3-4-10(13)7-14-6-9(8-15)11-12-14/h6,8,10H,2-5,7H2,1H3/t10-/m0/s1. The first kappa shape index (κ1) is 10.3. The van der Waals surface area contributed by atoms with Crippen molar-refractivity contribution >= 4 is 6.29 Å². The van der Waals surface area contributed by atoms with Crippen molar-refractivity contribution in [3.05, 3.63) is 11.9 Å². The normalized spacial score (nSPS) is 22.1. The molecule has 5 heteroatoms. The van der Waals surface area contributed by atoms with Crippen LogP contribution in [0.2, 0.25) is 0 Å². The average molecular weight is 208 g/mol. The number of carbonyl (C=O) groups excluding carboxylic acids is 1. The number of hydrogen-bond donors (Lipinski definition) is 0. The van der Waals surface area contributed by atoms with Gasteiger partial charge in [0, 0.05) is 6.04 Å². The molecule has 0 saturated carbocycles. The number of nitrogens with zero attached hydrogens (tertiary/aromatic N) is 4. The Hall–Kier alpha value is -1.23. The topological polar surface area (TPSA) is 51.0 Å². The molecule has 1 aromatic heterocycles. The van der Waals surface area contributed by atoms with Gasteiger partial charge in [0.05, 0.1) is 12.7 Å². The van der Waals surface area contributed by atoms with E-state index in [0.717, 1.165) is 19.4 Å². The van der Waals surface area contributed by atoms with Gasteiger partial charge >= 0.3 is 0 Å². The van der Waals surface area contributed by atoms with Crippen LogP contribution in [0.4, 0.5) is 0 Å². The first-order chi connectivity index (χ1) is 7.33. The lowest BCUT2D eigenvalue weighted by Gasteiger charge is -2.22. The van der Waals surface area contributed by atoms with Crippen molar-refractivity contribution in [2.24, 2.45) is 0 Å². The molecule has 1 aliphatic rings. The van der Waals surface area contributed by atoms with Crippen LogP contribution in [0.3, 0.4) is 0 Å². The third kappa shape index (κ3) is 2.23. The van der Waals surface area contributed by atoms with Gasteiger partial charge in [-0.25, -0.2) is 0 Å². The molecule has 0 bridgehead atoms. The van der Waals surface area contributed by atoms with Gasteiger partial charge in [0.1, 0.15) is 5.69 Å². The summed E-state index contributed by atoms with van der Waals surface area (Å²) in [5.74, 6) is 0. The minimum absolute atomic E-state index is 0.413. The summed E-state index contributed by atoms with van der Waals surface area (Å²) in [6, 6.07) is 0.552. The number of likely N-dealkylation sites (tertiary alicyclic amines) is 1. The van der Waals surface area contributed by atoms with E-state index in [1.165, 1.54) is 19.4 Å². The molecule has 0 aromatic carbocycles. The van der Waals surface area contributed by atoms with Crippen LogP contribution in [-0.4, -0.2) is 45.3 Å². The fourth-order valence-corrected chi connectivity index (χ4v) is 2.19. The van der Waals surface area contributed by atoms with E-state index in [0.29, 0.717) is 11.7 Å². The number of aldehydes is 1. The molecule has 1 atom stereocenters. The number of carbonyl (C=O) groups is 1. The van der Waals surface area contributed by atoms with Crippen LogP contribution in [0.5, 0.6) is 0 Å². The lowest BCUT2D eigenvalue weighted by molar-refractivity contribution is 0.111. The maximum Gasteiger partial charge on any atom is 0.171 e. The zero-order valence-electron chi connectivity index (χ0n) is 8.96. The zero-order valence-corrected chi connectivity index (χ0v) is 8.96. The molecule has 0 spiro atoms. The van der Waals surface area contributed by atoms with Crippen LogP contribution in [0.25, 0.3) is 0 Å². The molecule has 1 aliphatic heterocycles. The maximum atomic E-state index is 10.5. The Morgan fingerprint density at radius 2 is 2.53 bits per heavy atom. The SMILES string of the molecule is CCN1CCC[C@H]1Cn1cc(C=O)nn1. The van der Waals surface area contributed by atoms with Gasteiger partial charge in [0.2, 0.25) is 0 Å². The van der Waals surface area contributed by atoms with E-state index in [1.54, 1.807) is 10.9 Å². The molecule has 0 unspecified atom stereocenters. The minimum Gasteiger partial charge on any atom is -0.299 e. The summed E-state index contributed by atoms with van der Waals surface area (Å²) in [5.41, 5.74) is 0.413. The van der Waals surface area contributed by atoms with Crippen molar-refractivity contribution in [1.82, 2.24) is 19.9 Å². The lowest BCUT2D eigenvalue weighted by atomic mass is 10.2. The summed E-state index contributed by atoms with van der Waals surface area (Å²) in [5, 5.41) is 7.68. The number of hydrogen-bond acceptors (Lipinski definition) is 4. The molecule has 2 heterocycles. The van der Waals surface area contributed by atoms with E-state index < -0.39 is 0 Å². The lowest BCUT2D eigenvalue weighted by Crippen LogP contribution is -2.32. The number of aromatic nitrogens is 3. The number of likely N-dealkylation sites (N-methyl/N-ethyl adjacent to an activating group) is 1. The van der Waals surface area contributed by atoms with Crippen molar-refractivity contribution in [3.63, 3.8) is 0 Å². The second-order valence-electron chi connectivity index (χ2n) is 3.91. The van der Waals surface area contributed by atoms with E-state index in [4.69, 9.17) is 0 Å². The molecule has 0 amide bonds. The van der Waals surface area contributed by atoms with Gasteiger partial charge in [-0.3, -0.25) is 14.4 Å². The highest BCUT2D eigenvalue weighted by Crippen LogP contribution is 2.17. The molecule has 15 heavy (non-hydrogen) atoms. The van der Waals surface area contributed by atoms with Crippen molar-refractivity contribution in [2.75, 3.05) is 13.1 Å². The van der Waals surface area contributed by atoms with Gasteiger partial charge in [-0.2, -0.15) is 0 Å². The Kier molecular flexibility index (Phi) is 3.11. The highest BCUT2D eigenvalue weighted by atomic mass is 16.1. The van der Waals surface area contributed by atoms with Crippen molar-refractivity contribution in [2.45, 2.75) is 32.4 Å². The average Bonchev–Trinajstić information content (AvgIpc) is 2.87. The Morgan fingerprint density at radius 1 is 1.67 bits per heavy atom. The highest BCUT2D eigenvalue weighted by molar-refractivity contribution is 5.70. The summed E-state index contributed by atoms with van der Waals surface area (Å²) in [6.07, 6.45) is 4.91. The first-order valence-corrected chi connectivity index (χ1v) is 5.43. The van der Waals surface area contributed by atoms with E-state index in [9.17, 15) is 4.79 Å². The Bertz CT molecular complexity index is 336. The molecule has 1 saturated heterocycles. The van der Waals surface area contributed by atoms with Crippen LogP contribution in [0, 0.1) is 0 Å². The largest absolute Gasteiger partial charge is 0.299 e. The number of rotatable bonds is 4. The molecule has 0 N–H and O–H groups in total. The fraction of sp³-hybridized carbons (Fsp3) is 0.700. The highest BCUT2D eigenvalue weighted by Gasteiger charge is 2.23. The van der Waals surface area contributed by atoms with Crippen molar-refractivity contribution in [3.8, 4) is 0 Å². The van der Waals surface area contributed by atoms with Crippen LogP contribution in [0.15, 0.2) is 6.20 Å². The summed E-state index contributed by atoms with van der Waals surface area (Å²) in [7, 11) is 0. The zero-order chi connectivity index (χ0) is 10.7. The smallest absolute Gasteiger partial charge is 0.171 e. The second kappa shape index (κ2) is 4.53. The summed E-state index contributed by atoms with van der Waals surface area (Å²) in [6.45, 7) is 5.28. The molecule has 82 valence electrons. The Morgan fingerprint density at radius 3 is 3.20 bits per heavy atom. The van der Waals surface area contributed by atoms with Gasteiger partial charge < -0.3 is 0 Å². The first-order valence-electron chi connectivity index (χ1n) is 5.43. The molecule has 1 fully saturated rings. The third-order valence-electron chi connectivity index (χ3n) is 2.98. The predicted octanol–water partition coefficient (Wildman–Crippen LogP) is 0.575. The molecule has 0 aliphatic carbocycles. The molecule has 1 aromatic rings. The fourth-order valence-electron chi connectivity index (χ4n) is 2.19. The van der Waals surface area contributed by atoms with Gasteiger partial charge in [0.15, 0.2) is 6.29 Å². The van der Waals surface area contributed by atoms with Gasteiger partial charge in [-0.1, -0.05) is 12.1 Å². The maximum absolute atomic E-state index is 10.5. The summed E-state index contributed by atoms with van der Waals surface area (Å²) >= 11 is 0. The monoisotopic (exact) mass is 208 g/mol. The molecular weight excluding hydrogens is 192 g/mol. The predicted molar refractivity (Wildman–Crippen MR) is 55.7 cm³/mol. The third-order valence-corrected chi connectivity index (χ3v) is 2.98. The molecular formula is C10H16N4O. The van der Waals surface area contributed by atoms with Crippen LogP contribution >= 0.6 is 0 Å². The van der Waals surface area contributed by atoms with E-state index in [1.807, 2.05) is 0 Å². The Balaban J connectivity index is 1.98. The van der Waals surface area contributed by atoms with Gasteiger partial charge in [0.25, 0.3) is 0 Å². The quantitative estimate of drug-likeness (QED) is 0.679. The summed E-state index contributed by atoms with van der Waals surface area (Å²) < 4.78 is 1.77. The van der Waals surface area contributed by atoms with Crippen LogP contribution in [0.1, 0.15) is 30.3 Å². The molecule has 0 radical (unpaired) electrons. The van der Waals surface area contributed by atoms with Crippen molar-refractivity contribution in [1.29, 1.82) is 0 Å². The molecule has 5 nitrogen and oxygen atoms in total. The van der Waals surface area contributed by atoms with Gasteiger partial charge in [-0.15, -0.1) is 5.10 Å². The molecule has 2 rings (SSSR count). The van der Waals surface area contributed by atoms with E-state index in [-0.39, 0.29) is 0 Å². The van der Waals surface area contributed by atoms with Crippen LogP contribution < -0.4 is 0 Å². The van der Waals surface area contributed by atoms with Crippen LogP contribution in [-0.2, 0) is 6.54 Å². The van der Waals surface area contributed by atoms with E-state index >= 15 is 0 Å². The Labute approximate surface area is 89.1 Å².